The van der Waals surface area contributed by atoms with Gasteiger partial charge < -0.3 is 5.32 Å². The number of hydrogen-bond donors (Lipinski definition) is 1. The third-order valence-electron chi connectivity index (χ3n) is 4.01. The summed E-state index contributed by atoms with van der Waals surface area (Å²) >= 11 is 1.65. The second-order valence-electron chi connectivity index (χ2n) is 5.27. The van der Waals surface area contributed by atoms with E-state index >= 15 is 0 Å². The third-order valence-corrected chi connectivity index (χ3v) is 4.85. The van der Waals surface area contributed by atoms with E-state index in [2.05, 4.69) is 22.5 Å². The number of nitrogens with one attached hydrogen (secondary N) is 1. The summed E-state index contributed by atoms with van der Waals surface area (Å²) in [6.07, 6.45) is 10.5. The van der Waals surface area contributed by atoms with Gasteiger partial charge in [0.2, 0.25) is 5.91 Å². The highest BCUT2D eigenvalue weighted by Crippen LogP contribution is 2.44. The molecule has 1 aromatic heterocycles. The van der Waals surface area contributed by atoms with Crippen molar-refractivity contribution in [3.63, 3.8) is 0 Å². The largest absolute Gasteiger partial charge is 0.356 e. The third kappa shape index (κ3) is 2.64. The summed E-state index contributed by atoms with van der Waals surface area (Å²) in [4.78, 5) is 16.1. The Morgan fingerprint density at radius 2 is 2.39 bits per heavy atom. The van der Waals surface area contributed by atoms with Crippen molar-refractivity contribution in [2.75, 3.05) is 6.54 Å². The van der Waals surface area contributed by atoms with Gasteiger partial charge in [-0.15, -0.1) is 11.3 Å². The van der Waals surface area contributed by atoms with Crippen molar-refractivity contribution in [1.82, 2.24) is 10.3 Å². The van der Waals surface area contributed by atoms with Crippen LogP contribution in [0.4, 0.5) is 0 Å². The van der Waals surface area contributed by atoms with Crippen LogP contribution in [0.5, 0.6) is 0 Å². The molecule has 18 heavy (non-hydrogen) atoms. The van der Waals surface area contributed by atoms with Crippen LogP contribution in [0.2, 0.25) is 0 Å². The van der Waals surface area contributed by atoms with Crippen LogP contribution >= 0.6 is 11.3 Å². The molecule has 1 amide bonds. The number of aromatic nitrogens is 1. The van der Waals surface area contributed by atoms with E-state index < -0.39 is 0 Å². The van der Waals surface area contributed by atoms with Gasteiger partial charge in [-0.05, 0) is 30.6 Å². The highest BCUT2D eigenvalue weighted by atomic mass is 32.1. The fourth-order valence-electron chi connectivity index (χ4n) is 3.12. The maximum atomic E-state index is 11.9. The summed E-state index contributed by atoms with van der Waals surface area (Å²) in [5.41, 5.74) is 0. The second kappa shape index (κ2) is 5.22. The van der Waals surface area contributed by atoms with Gasteiger partial charge in [-0.1, -0.05) is 12.2 Å². The molecule has 0 saturated heterocycles. The van der Waals surface area contributed by atoms with Crippen molar-refractivity contribution in [3.05, 3.63) is 28.7 Å². The van der Waals surface area contributed by atoms with Gasteiger partial charge in [-0.3, -0.25) is 4.79 Å². The standard InChI is InChI=1S/C14H18N2OS/c17-13(15-4-3-14-16-5-6-18-14)9-12-8-10-1-2-11(12)7-10/h1-2,5-6,10-12H,3-4,7-9H2,(H,15,17)/t10-,11+,12+/m1/s1. The van der Waals surface area contributed by atoms with E-state index in [0.29, 0.717) is 24.8 Å². The predicted octanol–water partition coefficient (Wildman–Crippen LogP) is 2.40. The Balaban J connectivity index is 1.38. The lowest BCUT2D eigenvalue weighted by Gasteiger charge is -2.17. The highest BCUT2D eigenvalue weighted by Gasteiger charge is 2.36. The molecule has 1 aromatic rings. The van der Waals surface area contributed by atoms with Crippen molar-refractivity contribution in [2.45, 2.75) is 25.7 Å². The SMILES string of the molecule is O=C(C[C@@H]1C[C@@H]2C=C[C@H]1C2)NCCc1nccs1. The molecule has 1 N–H and O–H groups in total. The van der Waals surface area contributed by atoms with E-state index in [1.807, 2.05) is 11.6 Å². The first-order valence-electron chi connectivity index (χ1n) is 6.64. The van der Waals surface area contributed by atoms with Crippen LogP contribution in [0.1, 0.15) is 24.3 Å². The lowest BCUT2D eigenvalue weighted by Crippen LogP contribution is -2.28. The van der Waals surface area contributed by atoms with E-state index in [1.165, 1.54) is 12.8 Å². The Kier molecular flexibility index (Phi) is 3.46. The average Bonchev–Trinajstić information content (AvgIpc) is 3.04. The Bertz CT molecular complexity index is 441. The Labute approximate surface area is 111 Å². The molecule has 3 atom stereocenters. The Morgan fingerprint density at radius 1 is 1.44 bits per heavy atom. The molecule has 4 heteroatoms. The molecular formula is C14H18N2OS. The molecule has 96 valence electrons. The number of carbonyl (C=O) groups is 1. The minimum atomic E-state index is 0.206. The number of hydrogen-bond acceptors (Lipinski definition) is 3. The van der Waals surface area contributed by atoms with Gasteiger partial charge in [-0.2, -0.15) is 0 Å². The van der Waals surface area contributed by atoms with Crippen LogP contribution < -0.4 is 5.32 Å². The lowest BCUT2D eigenvalue weighted by atomic mass is 9.90. The minimum Gasteiger partial charge on any atom is -0.356 e. The monoisotopic (exact) mass is 262 g/mol. The van der Waals surface area contributed by atoms with E-state index in [4.69, 9.17) is 0 Å². The fourth-order valence-corrected chi connectivity index (χ4v) is 3.75. The number of allylic oxidation sites excluding steroid dienone is 2. The first-order chi connectivity index (χ1) is 8.81. The van der Waals surface area contributed by atoms with Crippen LogP contribution in [-0.2, 0) is 11.2 Å². The van der Waals surface area contributed by atoms with E-state index in [0.717, 1.165) is 17.3 Å². The highest BCUT2D eigenvalue weighted by molar-refractivity contribution is 7.09. The summed E-state index contributed by atoms with van der Waals surface area (Å²) in [5, 5.41) is 6.08. The van der Waals surface area contributed by atoms with Crippen LogP contribution in [0.3, 0.4) is 0 Å². The quantitative estimate of drug-likeness (QED) is 0.828. The fraction of sp³-hybridized carbons (Fsp3) is 0.571. The van der Waals surface area contributed by atoms with E-state index in [9.17, 15) is 4.79 Å². The van der Waals surface area contributed by atoms with Crippen LogP contribution in [0.15, 0.2) is 23.7 Å². The number of fused-ring (bicyclic) bond motifs is 2. The first-order valence-corrected chi connectivity index (χ1v) is 7.52. The zero-order valence-corrected chi connectivity index (χ0v) is 11.2. The molecule has 0 unspecified atom stereocenters. The van der Waals surface area contributed by atoms with Gasteiger partial charge >= 0.3 is 0 Å². The Hall–Kier alpha value is -1.16. The number of rotatable bonds is 5. The van der Waals surface area contributed by atoms with Gasteiger partial charge in [0, 0.05) is 31.0 Å². The molecule has 1 saturated carbocycles. The minimum absolute atomic E-state index is 0.206. The lowest BCUT2D eigenvalue weighted by molar-refractivity contribution is -0.122. The zero-order valence-electron chi connectivity index (χ0n) is 10.3. The molecular weight excluding hydrogens is 244 g/mol. The number of amides is 1. The van der Waals surface area contributed by atoms with Crippen LogP contribution in [0, 0.1) is 17.8 Å². The molecule has 0 aliphatic heterocycles. The molecule has 1 heterocycles. The van der Waals surface area contributed by atoms with Crippen molar-refractivity contribution >= 4 is 17.2 Å². The molecule has 2 aliphatic rings. The molecule has 2 bridgehead atoms. The Morgan fingerprint density at radius 3 is 3.06 bits per heavy atom. The van der Waals surface area contributed by atoms with Crippen LogP contribution in [0.25, 0.3) is 0 Å². The van der Waals surface area contributed by atoms with Gasteiger partial charge in [-0.25, -0.2) is 4.98 Å². The van der Waals surface area contributed by atoms with Gasteiger partial charge in [0.25, 0.3) is 0 Å². The normalized spacial score (nSPS) is 28.8. The average molecular weight is 262 g/mol. The number of carbonyl (C=O) groups excluding carboxylic acids is 1. The van der Waals surface area contributed by atoms with Gasteiger partial charge in [0.15, 0.2) is 0 Å². The molecule has 1 fully saturated rings. The van der Waals surface area contributed by atoms with Crippen molar-refractivity contribution in [3.8, 4) is 0 Å². The first kappa shape index (κ1) is 11.9. The smallest absolute Gasteiger partial charge is 0.220 e. The molecule has 3 rings (SSSR count). The van der Waals surface area contributed by atoms with Crippen molar-refractivity contribution in [1.29, 1.82) is 0 Å². The van der Waals surface area contributed by atoms with Gasteiger partial charge in [0.1, 0.15) is 0 Å². The number of nitrogens with zero attached hydrogens (tertiary/aromatic N) is 1. The summed E-state index contributed by atoms with van der Waals surface area (Å²) in [5.74, 6) is 2.21. The molecule has 3 nitrogen and oxygen atoms in total. The molecule has 0 radical (unpaired) electrons. The predicted molar refractivity (Wildman–Crippen MR) is 72.3 cm³/mol. The van der Waals surface area contributed by atoms with Crippen molar-refractivity contribution < 1.29 is 4.79 Å². The van der Waals surface area contributed by atoms with E-state index in [1.54, 1.807) is 11.3 Å². The molecule has 2 aliphatic carbocycles. The van der Waals surface area contributed by atoms with Crippen LogP contribution in [-0.4, -0.2) is 17.4 Å². The second-order valence-corrected chi connectivity index (χ2v) is 6.25. The molecule has 0 spiro atoms. The maximum absolute atomic E-state index is 11.9. The topological polar surface area (TPSA) is 42.0 Å². The van der Waals surface area contributed by atoms with Crippen molar-refractivity contribution in [2.24, 2.45) is 17.8 Å². The maximum Gasteiger partial charge on any atom is 0.220 e. The summed E-state index contributed by atoms with van der Waals surface area (Å²) < 4.78 is 0. The van der Waals surface area contributed by atoms with Gasteiger partial charge in [0.05, 0.1) is 5.01 Å². The summed E-state index contributed by atoms with van der Waals surface area (Å²) in [6.45, 7) is 0.711. The summed E-state index contributed by atoms with van der Waals surface area (Å²) in [6, 6.07) is 0. The van der Waals surface area contributed by atoms with E-state index in [-0.39, 0.29) is 5.91 Å². The number of thiazole rings is 1. The zero-order chi connectivity index (χ0) is 12.4. The summed E-state index contributed by atoms with van der Waals surface area (Å²) in [7, 11) is 0. The molecule has 0 aromatic carbocycles.